The van der Waals surface area contributed by atoms with E-state index in [0.717, 1.165) is 16.9 Å². The summed E-state index contributed by atoms with van der Waals surface area (Å²) in [5.41, 5.74) is 2.80. The summed E-state index contributed by atoms with van der Waals surface area (Å²) < 4.78 is 0. The third-order valence-electron chi connectivity index (χ3n) is 2.66. The van der Waals surface area contributed by atoms with Crippen LogP contribution >= 0.6 is 11.8 Å². The SMILES string of the molecule is CCSCC(=O)NCc1ccc(C(C)=O)cc1C. The Morgan fingerprint density at radius 1 is 1.33 bits per heavy atom. The van der Waals surface area contributed by atoms with E-state index in [0.29, 0.717) is 17.9 Å². The number of thioether (sulfide) groups is 1. The van der Waals surface area contributed by atoms with Crippen LogP contribution in [0.15, 0.2) is 18.2 Å². The maximum absolute atomic E-state index is 11.5. The summed E-state index contributed by atoms with van der Waals surface area (Å²) in [5.74, 6) is 1.56. The second-order valence-electron chi connectivity index (χ2n) is 4.11. The second kappa shape index (κ2) is 7.21. The van der Waals surface area contributed by atoms with Crippen LogP contribution in [0, 0.1) is 6.92 Å². The standard InChI is InChI=1S/C14H19NO2S/c1-4-18-9-14(17)15-8-13-6-5-12(11(3)16)7-10(13)2/h5-7H,4,8-9H2,1-3H3,(H,15,17). The molecule has 0 spiro atoms. The Balaban J connectivity index is 2.58. The Morgan fingerprint density at radius 2 is 2.06 bits per heavy atom. The topological polar surface area (TPSA) is 46.2 Å². The molecule has 3 nitrogen and oxygen atoms in total. The van der Waals surface area contributed by atoms with Crippen molar-refractivity contribution in [3.05, 3.63) is 34.9 Å². The molecule has 0 unspecified atom stereocenters. The van der Waals surface area contributed by atoms with E-state index in [1.165, 1.54) is 0 Å². The van der Waals surface area contributed by atoms with Crippen molar-refractivity contribution >= 4 is 23.5 Å². The molecule has 0 aromatic heterocycles. The molecule has 0 aliphatic rings. The number of rotatable bonds is 6. The monoisotopic (exact) mass is 265 g/mol. The fraction of sp³-hybridized carbons (Fsp3) is 0.429. The first-order valence-corrected chi connectivity index (χ1v) is 7.15. The molecule has 18 heavy (non-hydrogen) atoms. The van der Waals surface area contributed by atoms with Gasteiger partial charge in [0.2, 0.25) is 5.91 Å². The molecule has 98 valence electrons. The summed E-state index contributed by atoms with van der Waals surface area (Å²) in [6.45, 7) is 6.06. The number of amides is 1. The molecule has 0 radical (unpaired) electrons. The third-order valence-corrected chi connectivity index (χ3v) is 3.54. The molecule has 0 aliphatic carbocycles. The van der Waals surface area contributed by atoms with Crippen LogP contribution in [-0.4, -0.2) is 23.2 Å². The zero-order valence-electron chi connectivity index (χ0n) is 11.1. The molecule has 4 heteroatoms. The highest BCUT2D eigenvalue weighted by Gasteiger charge is 2.05. The van der Waals surface area contributed by atoms with Crippen molar-refractivity contribution in [2.24, 2.45) is 0 Å². The van der Waals surface area contributed by atoms with Gasteiger partial charge in [0.15, 0.2) is 5.78 Å². The summed E-state index contributed by atoms with van der Waals surface area (Å²) in [4.78, 5) is 22.7. The van der Waals surface area contributed by atoms with Crippen molar-refractivity contribution in [1.29, 1.82) is 0 Å². The summed E-state index contributed by atoms with van der Waals surface area (Å²) in [6, 6.07) is 5.57. The van der Waals surface area contributed by atoms with E-state index in [1.54, 1.807) is 24.8 Å². The quantitative estimate of drug-likeness (QED) is 0.804. The van der Waals surface area contributed by atoms with Gasteiger partial charge in [-0.1, -0.05) is 19.1 Å². The fourth-order valence-corrected chi connectivity index (χ4v) is 2.04. The van der Waals surface area contributed by atoms with Crippen LogP contribution in [0.5, 0.6) is 0 Å². The molecule has 1 amide bonds. The second-order valence-corrected chi connectivity index (χ2v) is 5.39. The lowest BCUT2D eigenvalue weighted by atomic mass is 10.0. The number of benzene rings is 1. The lowest BCUT2D eigenvalue weighted by molar-refractivity contribution is -0.118. The first-order valence-electron chi connectivity index (χ1n) is 5.99. The smallest absolute Gasteiger partial charge is 0.230 e. The number of Topliss-reactive ketones (excluding diaryl/α,β-unsaturated/α-hetero) is 1. The molecule has 1 aromatic carbocycles. The number of nitrogens with one attached hydrogen (secondary N) is 1. The van der Waals surface area contributed by atoms with Crippen molar-refractivity contribution < 1.29 is 9.59 Å². The largest absolute Gasteiger partial charge is 0.351 e. The lowest BCUT2D eigenvalue weighted by Crippen LogP contribution is -2.25. The third kappa shape index (κ3) is 4.53. The molecule has 0 atom stereocenters. The fourth-order valence-electron chi connectivity index (χ4n) is 1.55. The minimum atomic E-state index is 0.0527. The van der Waals surface area contributed by atoms with E-state index in [1.807, 2.05) is 26.0 Å². The highest BCUT2D eigenvalue weighted by atomic mass is 32.2. The van der Waals surface area contributed by atoms with Gasteiger partial charge in [0, 0.05) is 12.1 Å². The van der Waals surface area contributed by atoms with Crippen molar-refractivity contribution in [1.82, 2.24) is 5.32 Å². The number of ketones is 1. The van der Waals surface area contributed by atoms with E-state index in [4.69, 9.17) is 0 Å². The van der Waals surface area contributed by atoms with E-state index >= 15 is 0 Å². The van der Waals surface area contributed by atoms with Crippen molar-refractivity contribution in [2.75, 3.05) is 11.5 Å². The number of carbonyl (C=O) groups is 2. The van der Waals surface area contributed by atoms with E-state index < -0.39 is 0 Å². The van der Waals surface area contributed by atoms with Crippen LogP contribution in [0.25, 0.3) is 0 Å². The average molecular weight is 265 g/mol. The van der Waals surface area contributed by atoms with Crippen LogP contribution in [0.2, 0.25) is 0 Å². The normalized spacial score (nSPS) is 10.2. The predicted octanol–water partition coefficient (Wildman–Crippen LogP) is 2.57. The van der Waals surface area contributed by atoms with Crippen LogP contribution in [0.4, 0.5) is 0 Å². The molecule has 0 fully saturated rings. The van der Waals surface area contributed by atoms with Gasteiger partial charge < -0.3 is 5.32 Å². The van der Waals surface area contributed by atoms with Crippen molar-refractivity contribution in [3.8, 4) is 0 Å². The van der Waals surface area contributed by atoms with Gasteiger partial charge in [-0.05, 0) is 36.8 Å². The molecule has 1 aromatic rings. The molecule has 0 saturated heterocycles. The Labute approximate surface area is 112 Å². The number of carbonyl (C=O) groups excluding carboxylic acids is 2. The van der Waals surface area contributed by atoms with E-state index in [2.05, 4.69) is 5.32 Å². The highest BCUT2D eigenvalue weighted by Crippen LogP contribution is 2.11. The Kier molecular flexibility index (Phi) is 5.92. The van der Waals surface area contributed by atoms with Gasteiger partial charge in [-0.3, -0.25) is 9.59 Å². The van der Waals surface area contributed by atoms with E-state index in [-0.39, 0.29) is 11.7 Å². The molecule has 0 heterocycles. The average Bonchev–Trinajstić information content (AvgIpc) is 2.34. The molecule has 0 saturated carbocycles. The van der Waals surface area contributed by atoms with Gasteiger partial charge in [0.25, 0.3) is 0 Å². The number of aryl methyl sites for hydroxylation is 1. The van der Waals surface area contributed by atoms with Crippen LogP contribution in [0.3, 0.4) is 0 Å². The molecule has 1 N–H and O–H groups in total. The number of hydrogen-bond donors (Lipinski definition) is 1. The summed E-state index contributed by atoms with van der Waals surface area (Å²) >= 11 is 1.61. The van der Waals surface area contributed by atoms with Gasteiger partial charge in [0.1, 0.15) is 0 Å². The lowest BCUT2D eigenvalue weighted by Gasteiger charge is -2.09. The minimum Gasteiger partial charge on any atom is -0.351 e. The Bertz CT molecular complexity index is 443. The van der Waals surface area contributed by atoms with Gasteiger partial charge in [-0.15, -0.1) is 0 Å². The zero-order chi connectivity index (χ0) is 13.5. The van der Waals surface area contributed by atoms with E-state index in [9.17, 15) is 9.59 Å². The molecular formula is C14H19NO2S. The molecule has 0 bridgehead atoms. The first-order chi connectivity index (χ1) is 8.54. The Morgan fingerprint density at radius 3 is 2.61 bits per heavy atom. The van der Waals surface area contributed by atoms with Crippen LogP contribution < -0.4 is 5.32 Å². The van der Waals surface area contributed by atoms with Crippen LogP contribution in [0.1, 0.15) is 35.3 Å². The van der Waals surface area contributed by atoms with Crippen LogP contribution in [-0.2, 0) is 11.3 Å². The predicted molar refractivity (Wildman–Crippen MR) is 76.0 cm³/mol. The Hall–Kier alpha value is -1.29. The van der Waals surface area contributed by atoms with Crippen molar-refractivity contribution in [3.63, 3.8) is 0 Å². The van der Waals surface area contributed by atoms with Gasteiger partial charge >= 0.3 is 0 Å². The maximum atomic E-state index is 11.5. The summed E-state index contributed by atoms with van der Waals surface area (Å²) in [5, 5.41) is 2.88. The zero-order valence-corrected chi connectivity index (χ0v) is 11.9. The maximum Gasteiger partial charge on any atom is 0.230 e. The molecule has 1 rings (SSSR count). The summed E-state index contributed by atoms with van der Waals surface area (Å²) in [6.07, 6.45) is 0. The van der Waals surface area contributed by atoms with Crippen molar-refractivity contribution in [2.45, 2.75) is 27.3 Å². The minimum absolute atomic E-state index is 0.0527. The van der Waals surface area contributed by atoms with Gasteiger partial charge in [0.05, 0.1) is 5.75 Å². The molecule has 0 aliphatic heterocycles. The molecular weight excluding hydrogens is 246 g/mol. The van der Waals surface area contributed by atoms with Gasteiger partial charge in [-0.25, -0.2) is 0 Å². The number of hydrogen-bond acceptors (Lipinski definition) is 3. The summed E-state index contributed by atoms with van der Waals surface area (Å²) in [7, 11) is 0. The highest BCUT2D eigenvalue weighted by molar-refractivity contribution is 7.99. The van der Waals surface area contributed by atoms with Gasteiger partial charge in [-0.2, -0.15) is 11.8 Å². The first kappa shape index (κ1) is 14.8.